The molecule has 2 aliphatic rings. The van der Waals surface area contributed by atoms with Crippen LogP contribution in [0.4, 0.5) is 0 Å². The van der Waals surface area contributed by atoms with Crippen molar-refractivity contribution in [3.8, 4) is 0 Å². The zero-order valence-electron chi connectivity index (χ0n) is 15.7. The maximum Gasteiger partial charge on any atom is 0.274 e. The summed E-state index contributed by atoms with van der Waals surface area (Å²) in [6, 6.07) is 13.2. The van der Waals surface area contributed by atoms with Crippen LogP contribution in [0, 0.1) is 5.41 Å². The van der Waals surface area contributed by atoms with Crippen LogP contribution in [0.15, 0.2) is 42.6 Å². The number of carbonyl (C=O) groups is 1. The van der Waals surface area contributed by atoms with Gasteiger partial charge in [0.1, 0.15) is 5.69 Å². The van der Waals surface area contributed by atoms with Crippen LogP contribution in [0.3, 0.4) is 0 Å². The fourth-order valence-corrected chi connectivity index (χ4v) is 3.98. The van der Waals surface area contributed by atoms with Gasteiger partial charge in [0.25, 0.3) is 5.91 Å². The maximum absolute atomic E-state index is 12.5. The van der Waals surface area contributed by atoms with Crippen LogP contribution in [0.2, 0.25) is 0 Å². The minimum atomic E-state index is 0.0620. The van der Waals surface area contributed by atoms with Crippen molar-refractivity contribution in [3.63, 3.8) is 0 Å². The number of rotatable bonds is 5. The molecule has 1 amide bonds. The standard InChI is InChI=1S/C21H28N4O/c1-21(15-22-19-14-17(19)16-6-4-3-5-7-16)9-12-25(13-10-21)20(26)18-8-11-24(2)23-18/h3-8,11,17,19,22H,9-10,12-15H2,1-2H3/t17-,19-/m0/s1. The van der Waals surface area contributed by atoms with Gasteiger partial charge in [0.15, 0.2) is 0 Å². The summed E-state index contributed by atoms with van der Waals surface area (Å²) >= 11 is 0. The highest BCUT2D eigenvalue weighted by Crippen LogP contribution is 2.41. The summed E-state index contributed by atoms with van der Waals surface area (Å²) in [7, 11) is 1.84. The Morgan fingerprint density at radius 3 is 2.62 bits per heavy atom. The van der Waals surface area contributed by atoms with Crippen molar-refractivity contribution in [2.45, 2.75) is 38.1 Å². The number of amides is 1. The highest BCUT2D eigenvalue weighted by atomic mass is 16.2. The van der Waals surface area contributed by atoms with Crippen LogP contribution in [0.5, 0.6) is 0 Å². The van der Waals surface area contributed by atoms with Crippen LogP contribution < -0.4 is 5.32 Å². The predicted molar refractivity (Wildman–Crippen MR) is 102 cm³/mol. The molecule has 1 aliphatic heterocycles. The predicted octanol–water partition coefficient (Wildman–Crippen LogP) is 2.81. The molecule has 1 N–H and O–H groups in total. The van der Waals surface area contributed by atoms with E-state index in [1.807, 2.05) is 18.1 Å². The molecule has 1 saturated carbocycles. The van der Waals surface area contributed by atoms with E-state index >= 15 is 0 Å². The smallest absolute Gasteiger partial charge is 0.274 e. The SMILES string of the molecule is Cn1ccc(C(=O)N2CCC(C)(CN[C@H]3C[C@H]3c3ccccc3)CC2)n1. The molecule has 1 saturated heterocycles. The Kier molecular flexibility index (Phi) is 4.57. The molecule has 1 aromatic carbocycles. The Labute approximate surface area is 155 Å². The average molecular weight is 352 g/mol. The Morgan fingerprint density at radius 2 is 1.96 bits per heavy atom. The van der Waals surface area contributed by atoms with Gasteiger partial charge in [-0.3, -0.25) is 9.48 Å². The van der Waals surface area contributed by atoms with Gasteiger partial charge in [0.05, 0.1) is 0 Å². The first-order chi connectivity index (χ1) is 12.5. The van der Waals surface area contributed by atoms with E-state index in [9.17, 15) is 4.79 Å². The average Bonchev–Trinajstić information content (AvgIpc) is 3.32. The Bertz CT molecular complexity index is 761. The number of hydrogen-bond donors (Lipinski definition) is 1. The van der Waals surface area contributed by atoms with E-state index in [1.54, 1.807) is 10.7 Å². The van der Waals surface area contributed by atoms with Crippen molar-refractivity contribution in [2.75, 3.05) is 19.6 Å². The number of nitrogens with one attached hydrogen (secondary N) is 1. The summed E-state index contributed by atoms with van der Waals surface area (Å²) in [4.78, 5) is 14.5. The molecular weight excluding hydrogens is 324 g/mol. The minimum Gasteiger partial charge on any atom is -0.337 e. The molecule has 2 heterocycles. The summed E-state index contributed by atoms with van der Waals surface area (Å²) in [6.45, 7) is 5.02. The van der Waals surface area contributed by atoms with Crippen molar-refractivity contribution in [1.82, 2.24) is 20.0 Å². The second-order valence-electron chi connectivity index (χ2n) is 8.22. The van der Waals surface area contributed by atoms with Gasteiger partial charge in [-0.2, -0.15) is 5.10 Å². The monoisotopic (exact) mass is 352 g/mol. The van der Waals surface area contributed by atoms with Gasteiger partial charge in [-0.1, -0.05) is 37.3 Å². The highest BCUT2D eigenvalue weighted by molar-refractivity contribution is 5.92. The molecule has 5 nitrogen and oxygen atoms in total. The van der Waals surface area contributed by atoms with Crippen molar-refractivity contribution in [2.24, 2.45) is 12.5 Å². The molecule has 2 aromatic rings. The second-order valence-corrected chi connectivity index (χ2v) is 8.22. The molecule has 0 bridgehead atoms. The van der Waals surface area contributed by atoms with Crippen molar-refractivity contribution in [3.05, 3.63) is 53.9 Å². The molecule has 0 radical (unpaired) electrons. The summed E-state index contributed by atoms with van der Waals surface area (Å²) in [5.41, 5.74) is 2.27. The van der Waals surface area contributed by atoms with Gasteiger partial charge < -0.3 is 10.2 Å². The molecular formula is C21H28N4O. The van der Waals surface area contributed by atoms with Gasteiger partial charge in [-0.15, -0.1) is 0 Å². The van der Waals surface area contributed by atoms with E-state index in [4.69, 9.17) is 0 Å². The Balaban J connectivity index is 1.25. The van der Waals surface area contributed by atoms with E-state index in [0.717, 1.165) is 32.5 Å². The number of benzene rings is 1. The molecule has 138 valence electrons. The van der Waals surface area contributed by atoms with Gasteiger partial charge in [0, 0.05) is 44.8 Å². The minimum absolute atomic E-state index is 0.0620. The lowest BCUT2D eigenvalue weighted by molar-refractivity contribution is 0.0598. The Hall–Kier alpha value is -2.14. The lowest BCUT2D eigenvalue weighted by atomic mass is 9.80. The number of hydrogen-bond acceptors (Lipinski definition) is 3. The highest BCUT2D eigenvalue weighted by Gasteiger charge is 2.40. The van der Waals surface area contributed by atoms with Crippen LogP contribution in [-0.2, 0) is 7.05 Å². The third-order valence-corrected chi connectivity index (χ3v) is 6.00. The van der Waals surface area contributed by atoms with E-state index < -0.39 is 0 Å². The van der Waals surface area contributed by atoms with Gasteiger partial charge in [-0.25, -0.2) is 0 Å². The number of nitrogens with zero attached hydrogens (tertiary/aromatic N) is 3. The molecule has 2 atom stereocenters. The van der Waals surface area contributed by atoms with Crippen molar-refractivity contribution in [1.29, 1.82) is 0 Å². The third-order valence-electron chi connectivity index (χ3n) is 6.00. The third kappa shape index (κ3) is 3.68. The number of carbonyl (C=O) groups excluding carboxylic acids is 1. The molecule has 26 heavy (non-hydrogen) atoms. The number of aromatic nitrogens is 2. The maximum atomic E-state index is 12.5. The van der Waals surface area contributed by atoms with E-state index in [1.165, 1.54) is 12.0 Å². The number of piperidine rings is 1. The zero-order valence-corrected chi connectivity index (χ0v) is 15.7. The Morgan fingerprint density at radius 1 is 1.23 bits per heavy atom. The second kappa shape index (κ2) is 6.88. The molecule has 4 rings (SSSR count). The molecule has 5 heteroatoms. The van der Waals surface area contributed by atoms with Crippen molar-refractivity contribution >= 4 is 5.91 Å². The molecule has 1 aromatic heterocycles. The first-order valence-corrected chi connectivity index (χ1v) is 9.61. The molecule has 0 unspecified atom stereocenters. The number of likely N-dealkylation sites (tertiary alicyclic amines) is 1. The van der Waals surface area contributed by atoms with E-state index in [2.05, 4.69) is 47.7 Å². The summed E-state index contributed by atoms with van der Waals surface area (Å²) in [5.74, 6) is 0.734. The normalized spacial score (nSPS) is 24.5. The van der Waals surface area contributed by atoms with Crippen LogP contribution >= 0.6 is 0 Å². The molecule has 2 fully saturated rings. The lowest BCUT2D eigenvalue weighted by Crippen LogP contribution is -2.46. The fourth-order valence-electron chi connectivity index (χ4n) is 3.98. The van der Waals surface area contributed by atoms with Gasteiger partial charge in [-0.05, 0) is 36.3 Å². The summed E-state index contributed by atoms with van der Waals surface area (Å²) < 4.78 is 1.68. The topological polar surface area (TPSA) is 50.2 Å². The van der Waals surface area contributed by atoms with Crippen LogP contribution in [0.1, 0.15) is 48.2 Å². The molecule has 1 aliphatic carbocycles. The summed E-state index contributed by atoms with van der Waals surface area (Å²) in [5, 5.41) is 8.02. The van der Waals surface area contributed by atoms with Crippen LogP contribution in [0.25, 0.3) is 0 Å². The quantitative estimate of drug-likeness (QED) is 0.900. The number of aryl methyl sites for hydroxylation is 1. The zero-order chi connectivity index (χ0) is 18.1. The fraction of sp³-hybridized carbons (Fsp3) is 0.524. The van der Waals surface area contributed by atoms with Crippen molar-refractivity contribution < 1.29 is 4.79 Å². The van der Waals surface area contributed by atoms with Gasteiger partial charge >= 0.3 is 0 Å². The van der Waals surface area contributed by atoms with E-state index in [0.29, 0.717) is 17.7 Å². The molecule has 0 spiro atoms. The first kappa shape index (κ1) is 17.3. The largest absolute Gasteiger partial charge is 0.337 e. The van der Waals surface area contributed by atoms with E-state index in [-0.39, 0.29) is 11.3 Å². The van der Waals surface area contributed by atoms with Gasteiger partial charge in [0.2, 0.25) is 0 Å². The van der Waals surface area contributed by atoms with Crippen LogP contribution in [-0.4, -0.2) is 46.3 Å². The first-order valence-electron chi connectivity index (χ1n) is 9.61. The summed E-state index contributed by atoms with van der Waals surface area (Å²) in [6.07, 6.45) is 5.15. The lowest BCUT2D eigenvalue weighted by Gasteiger charge is -2.39.